The van der Waals surface area contributed by atoms with Gasteiger partial charge in [0.1, 0.15) is 0 Å². The molecule has 2 rings (SSSR count). The molecule has 2 aromatic heterocycles. The molecule has 2 aromatic rings. The van der Waals surface area contributed by atoms with E-state index in [-0.39, 0.29) is 17.9 Å². The molecule has 6 heteroatoms. The Balaban J connectivity index is 2.13. The highest BCUT2D eigenvalue weighted by molar-refractivity contribution is 5.92. The van der Waals surface area contributed by atoms with Crippen molar-refractivity contribution in [3.63, 3.8) is 0 Å². The number of hydrogen-bond donors (Lipinski definition) is 2. The van der Waals surface area contributed by atoms with Crippen molar-refractivity contribution >= 4 is 11.6 Å². The van der Waals surface area contributed by atoms with Crippen LogP contribution in [0, 0.1) is 19.8 Å². The Bertz CT molecular complexity index is 630. The molecule has 0 spiro atoms. The smallest absolute Gasteiger partial charge is 0.228 e. The first kappa shape index (κ1) is 15.2. The van der Waals surface area contributed by atoms with Crippen molar-refractivity contribution < 1.29 is 4.79 Å². The van der Waals surface area contributed by atoms with Crippen molar-refractivity contribution in [3.8, 4) is 5.82 Å². The quantitative estimate of drug-likeness (QED) is 0.898. The van der Waals surface area contributed by atoms with Crippen LogP contribution in [-0.4, -0.2) is 26.7 Å². The number of nitrogens with one attached hydrogen (secondary N) is 1. The molecule has 1 amide bonds. The molecule has 0 saturated heterocycles. The van der Waals surface area contributed by atoms with Crippen molar-refractivity contribution in [2.45, 2.75) is 33.7 Å². The van der Waals surface area contributed by atoms with Crippen molar-refractivity contribution in [1.82, 2.24) is 14.8 Å². The molecule has 3 N–H and O–H groups in total. The van der Waals surface area contributed by atoms with Gasteiger partial charge in [-0.15, -0.1) is 0 Å². The normalized spacial score (nSPS) is 13.8. The van der Waals surface area contributed by atoms with Gasteiger partial charge in [-0.1, -0.05) is 6.92 Å². The zero-order chi connectivity index (χ0) is 15.6. The van der Waals surface area contributed by atoms with Crippen LogP contribution in [0.1, 0.15) is 25.2 Å². The summed E-state index contributed by atoms with van der Waals surface area (Å²) >= 11 is 0. The highest BCUT2D eigenvalue weighted by atomic mass is 16.1. The lowest BCUT2D eigenvalue weighted by atomic mass is 10.0. The molecule has 2 heterocycles. The van der Waals surface area contributed by atoms with Gasteiger partial charge in [-0.25, -0.2) is 9.67 Å². The molecule has 2 unspecified atom stereocenters. The minimum absolute atomic E-state index is 0.106. The lowest BCUT2D eigenvalue weighted by molar-refractivity contribution is -0.119. The van der Waals surface area contributed by atoms with Gasteiger partial charge < -0.3 is 11.1 Å². The van der Waals surface area contributed by atoms with E-state index in [0.29, 0.717) is 5.69 Å². The summed E-state index contributed by atoms with van der Waals surface area (Å²) in [4.78, 5) is 16.3. The maximum absolute atomic E-state index is 11.9. The van der Waals surface area contributed by atoms with Crippen LogP contribution in [0.15, 0.2) is 24.4 Å². The molecular formula is C15H21N5O. The Labute approximate surface area is 124 Å². The second-order valence-electron chi connectivity index (χ2n) is 5.38. The fourth-order valence-corrected chi connectivity index (χ4v) is 1.94. The lowest BCUT2D eigenvalue weighted by Crippen LogP contribution is -2.34. The molecule has 6 nitrogen and oxygen atoms in total. The molecule has 21 heavy (non-hydrogen) atoms. The number of amides is 1. The van der Waals surface area contributed by atoms with Crippen molar-refractivity contribution in [2.75, 3.05) is 5.32 Å². The zero-order valence-electron chi connectivity index (χ0n) is 12.8. The number of pyridine rings is 1. The van der Waals surface area contributed by atoms with Crippen LogP contribution in [0.25, 0.3) is 5.82 Å². The highest BCUT2D eigenvalue weighted by Crippen LogP contribution is 2.13. The summed E-state index contributed by atoms with van der Waals surface area (Å²) in [6.07, 6.45) is 1.62. The molecule has 112 valence electrons. The van der Waals surface area contributed by atoms with Gasteiger partial charge in [0.15, 0.2) is 5.82 Å². The molecule has 0 bridgehead atoms. The molecule has 0 aliphatic carbocycles. The molecule has 0 aliphatic heterocycles. The van der Waals surface area contributed by atoms with Crippen molar-refractivity contribution in [2.24, 2.45) is 11.7 Å². The maximum Gasteiger partial charge on any atom is 0.228 e. The van der Waals surface area contributed by atoms with E-state index in [1.807, 2.05) is 39.0 Å². The Morgan fingerprint density at radius 3 is 2.52 bits per heavy atom. The zero-order valence-corrected chi connectivity index (χ0v) is 12.8. The molecule has 0 fully saturated rings. The van der Waals surface area contributed by atoms with Crippen LogP contribution < -0.4 is 11.1 Å². The first-order valence-electron chi connectivity index (χ1n) is 6.94. The van der Waals surface area contributed by atoms with E-state index in [9.17, 15) is 4.79 Å². The maximum atomic E-state index is 11.9. The van der Waals surface area contributed by atoms with E-state index in [0.717, 1.165) is 17.2 Å². The topological polar surface area (TPSA) is 85.8 Å². The number of anilines is 1. The number of aromatic nitrogens is 3. The third kappa shape index (κ3) is 3.46. The Morgan fingerprint density at radius 2 is 2.05 bits per heavy atom. The minimum Gasteiger partial charge on any atom is -0.327 e. The van der Waals surface area contributed by atoms with Crippen LogP contribution in [-0.2, 0) is 4.79 Å². The molecule has 0 radical (unpaired) electrons. The number of nitrogens with zero attached hydrogens (tertiary/aromatic N) is 3. The van der Waals surface area contributed by atoms with E-state index in [2.05, 4.69) is 15.4 Å². The average molecular weight is 287 g/mol. The van der Waals surface area contributed by atoms with Crippen LogP contribution in [0.3, 0.4) is 0 Å². The summed E-state index contributed by atoms with van der Waals surface area (Å²) in [5.41, 5.74) is 8.33. The Hall–Kier alpha value is -2.21. The van der Waals surface area contributed by atoms with Crippen LogP contribution in [0.4, 0.5) is 5.69 Å². The average Bonchev–Trinajstić information content (AvgIpc) is 2.77. The number of carbonyl (C=O) groups excluding carboxylic acids is 1. The SMILES string of the molecule is Cc1cc(C)n(-c2ccc(NC(=O)C(C)C(C)N)cn2)n1. The third-order valence-electron chi connectivity index (χ3n) is 3.44. The fraction of sp³-hybridized carbons (Fsp3) is 0.400. The Kier molecular flexibility index (Phi) is 4.37. The largest absolute Gasteiger partial charge is 0.327 e. The van der Waals surface area contributed by atoms with E-state index in [1.54, 1.807) is 17.8 Å². The molecular weight excluding hydrogens is 266 g/mol. The number of nitrogens with two attached hydrogens (primary N) is 1. The molecule has 0 aliphatic rings. The van der Waals surface area contributed by atoms with Crippen molar-refractivity contribution in [3.05, 3.63) is 35.8 Å². The molecule has 0 aromatic carbocycles. The molecule has 0 saturated carbocycles. The summed E-state index contributed by atoms with van der Waals surface area (Å²) in [6.45, 7) is 7.53. The van der Waals surface area contributed by atoms with Gasteiger partial charge in [0.05, 0.1) is 23.5 Å². The van der Waals surface area contributed by atoms with E-state index < -0.39 is 0 Å². The fourth-order valence-electron chi connectivity index (χ4n) is 1.94. The number of hydrogen-bond acceptors (Lipinski definition) is 4. The van der Waals surface area contributed by atoms with Gasteiger partial charge in [-0.3, -0.25) is 4.79 Å². The predicted molar refractivity (Wildman–Crippen MR) is 82.3 cm³/mol. The summed E-state index contributed by atoms with van der Waals surface area (Å²) in [5, 5.41) is 7.18. The summed E-state index contributed by atoms with van der Waals surface area (Å²) in [7, 11) is 0. The van der Waals surface area contributed by atoms with E-state index in [4.69, 9.17) is 5.73 Å². The van der Waals surface area contributed by atoms with Crippen LogP contribution in [0.5, 0.6) is 0 Å². The number of carbonyl (C=O) groups is 1. The van der Waals surface area contributed by atoms with Gasteiger partial charge in [0, 0.05) is 11.7 Å². The van der Waals surface area contributed by atoms with Crippen LogP contribution >= 0.6 is 0 Å². The Morgan fingerprint density at radius 1 is 1.33 bits per heavy atom. The number of rotatable bonds is 4. The van der Waals surface area contributed by atoms with E-state index >= 15 is 0 Å². The second kappa shape index (κ2) is 6.05. The first-order chi connectivity index (χ1) is 9.88. The summed E-state index contributed by atoms with van der Waals surface area (Å²) in [5.74, 6) is 0.366. The van der Waals surface area contributed by atoms with Gasteiger partial charge in [0.2, 0.25) is 5.91 Å². The summed E-state index contributed by atoms with van der Waals surface area (Å²) in [6, 6.07) is 5.43. The van der Waals surface area contributed by atoms with Gasteiger partial charge in [0.25, 0.3) is 0 Å². The van der Waals surface area contributed by atoms with Crippen LogP contribution in [0.2, 0.25) is 0 Å². The molecule has 2 atom stereocenters. The third-order valence-corrected chi connectivity index (χ3v) is 3.44. The van der Waals surface area contributed by atoms with Gasteiger partial charge in [-0.2, -0.15) is 5.10 Å². The van der Waals surface area contributed by atoms with Crippen molar-refractivity contribution in [1.29, 1.82) is 0 Å². The lowest BCUT2D eigenvalue weighted by Gasteiger charge is -2.15. The second-order valence-corrected chi connectivity index (χ2v) is 5.38. The van der Waals surface area contributed by atoms with E-state index in [1.165, 1.54) is 0 Å². The first-order valence-corrected chi connectivity index (χ1v) is 6.94. The highest BCUT2D eigenvalue weighted by Gasteiger charge is 2.17. The summed E-state index contributed by atoms with van der Waals surface area (Å²) < 4.78 is 1.77. The number of aryl methyl sites for hydroxylation is 2. The van der Waals surface area contributed by atoms with Gasteiger partial charge in [-0.05, 0) is 39.0 Å². The minimum atomic E-state index is -0.249. The standard InChI is InChI=1S/C15H21N5O/c1-9-7-10(2)20(19-9)14-6-5-13(8-17-14)18-15(21)11(3)12(4)16/h5-8,11-12H,16H2,1-4H3,(H,18,21). The predicted octanol–water partition coefficient (Wildman–Crippen LogP) is 1.81. The monoisotopic (exact) mass is 287 g/mol. The van der Waals surface area contributed by atoms with Gasteiger partial charge >= 0.3 is 0 Å².